The fourth-order valence-electron chi connectivity index (χ4n) is 2.19. The van der Waals surface area contributed by atoms with Crippen LogP contribution in [-0.4, -0.2) is 29.0 Å². The Morgan fingerprint density at radius 1 is 1.12 bits per heavy atom. The fraction of sp³-hybridized carbons (Fsp3) is 0.389. The third-order valence-corrected chi connectivity index (χ3v) is 3.94. The van der Waals surface area contributed by atoms with Gasteiger partial charge in [0, 0.05) is 25.1 Å². The molecule has 5 nitrogen and oxygen atoms in total. The van der Waals surface area contributed by atoms with Crippen LogP contribution in [0, 0.1) is 0 Å². The van der Waals surface area contributed by atoms with Crippen molar-refractivity contribution >= 4 is 23.3 Å². The maximum atomic E-state index is 12.0. The SMILES string of the molecule is CCc1ccc(C(=O)NCCCNc2nc(CC)ncc2Cl)cc1. The van der Waals surface area contributed by atoms with Crippen molar-refractivity contribution in [2.24, 2.45) is 0 Å². The summed E-state index contributed by atoms with van der Waals surface area (Å²) in [6.07, 6.45) is 4.12. The molecule has 0 radical (unpaired) electrons. The Kier molecular flexibility index (Phi) is 7.00. The number of hydrogen-bond acceptors (Lipinski definition) is 4. The molecule has 0 unspecified atom stereocenters. The molecule has 0 spiro atoms. The van der Waals surface area contributed by atoms with Crippen molar-refractivity contribution in [2.45, 2.75) is 33.1 Å². The summed E-state index contributed by atoms with van der Waals surface area (Å²) in [4.78, 5) is 20.5. The summed E-state index contributed by atoms with van der Waals surface area (Å²) in [7, 11) is 0. The number of benzene rings is 1. The fourth-order valence-corrected chi connectivity index (χ4v) is 2.35. The molecule has 0 fully saturated rings. The molecule has 0 aliphatic rings. The van der Waals surface area contributed by atoms with Crippen molar-refractivity contribution in [1.82, 2.24) is 15.3 Å². The number of carbonyl (C=O) groups is 1. The van der Waals surface area contributed by atoms with Gasteiger partial charge in [0.25, 0.3) is 5.91 Å². The van der Waals surface area contributed by atoms with Crippen LogP contribution < -0.4 is 10.6 Å². The van der Waals surface area contributed by atoms with Crippen molar-refractivity contribution in [3.8, 4) is 0 Å². The smallest absolute Gasteiger partial charge is 0.251 e. The van der Waals surface area contributed by atoms with Crippen LogP contribution in [0.3, 0.4) is 0 Å². The largest absolute Gasteiger partial charge is 0.369 e. The first-order valence-electron chi connectivity index (χ1n) is 8.26. The number of anilines is 1. The highest BCUT2D eigenvalue weighted by Crippen LogP contribution is 2.17. The summed E-state index contributed by atoms with van der Waals surface area (Å²) in [6, 6.07) is 7.69. The molecule has 6 heteroatoms. The lowest BCUT2D eigenvalue weighted by Crippen LogP contribution is -2.25. The third-order valence-electron chi connectivity index (χ3n) is 3.67. The molecular weight excluding hydrogens is 324 g/mol. The normalized spacial score (nSPS) is 10.5. The van der Waals surface area contributed by atoms with Gasteiger partial charge in [0.15, 0.2) is 0 Å². The lowest BCUT2D eigenvalue weighted by Gasteiger charge is -2.09. The Balaban J connectivity index is 1.73. The van der Waals surface area contributed by atoms with Crippen LogP contribution in [0.1, 0.15) is 42.0 Å². The van der Waals surface area contributed by atoms with Gasteiger partial charge in [-0.1, -0.05) is 37.6 Å². The number of nitrogens with zero attached hydrogens (tertiary/aromatic N) is 2. The van der Waals surface area contributed by atoms with E-state index in [-0.39, 0.29) is 5.91 Å². The molecule has 0 bridgehead atoms. The van der Waals surface area contributed by atoms with Crippen molar-refractivity contribution in [2.75, 3.05) is 18.4 Å². The lowest BCUT2D eigenvalue weighted by atomic mass is 10.1. The van der Waals surface area contributed by atoms with Gasteiger partial charge in [-0.3, -0.25) is 4.79 Å². The van der Waals surface area contributed by atoms with Crippen LogP contribution >= 0.6 is 11.6 Å². The number of halogens is 1. The van der Waals surface area contributed by atoms with E-state index in [4.69, 9.17) is 11.6 Å². The van der Waals surface area contributed by atoms with Crippen molar-refractivity contribution < 1.29 is 4.79 Å². The van der Waals surface area contributed by atoms with E-state index in [0.29, 0.717) is 29.5 Å². The molecule has 1 aromatic carbocycles. The zero-order chi connectivity index (χ0) is 17.4. The van der Waals surface area contributed by atoms with Gasteiger partial charge in [-0.15, -0.1) is 0 Å². The summed E-state index contributed by atoms with van der Waals surface area (Å²) >= 11 is 6.06. The zero-order valence-electron chi connectivity index (χ0n) is 14.1. The van der Waals surface area contributed by atoms with E-state index in [1.54, 1.807) is 6.20 Å². The molecule has 0 aliphatic carbocycles. The summed E-state index contributed by atoms with van der Waals surface area (Å²) in [6.45, 7) is 5.35. The second-order valence-electron chi connectivity index (χ2n) is 5.42. The first kappa shape index (κ1) is 18.2. The number of amides is 1. The second kappa shape index (κ2) is 9.23. The molecule has 1 amide bonds. The van der Waals surface area contributed by atoms with Crippen LogP contribution in [0.15, 0.2) is 30.5 Å². The van der Waals surface area contributed by atoms with E-state index in [2.05, 4.69) is 27.5 Å². The minimum atomic E-state index is -0.0500. The molecule has 24 heavy (non-hydrogen) atoms. The summed E-state index contributed by atoms with van der Waals surface area (Å²) in [5, 5.41) is 6.60. The highest BCUT2D eigenvalue weighted by molar-refractivity contribution is 6.32. The van der Waals surface area contributed by atoms with Gasteiger partial charge in [0.1, 0.15) is 16.7 Å². The molecule has 1 heterocycles. The standard InChI is InChI=1S/C18H23ClN4O/c1-3-13-6-8-14(9-7-13)18(24)21-11-5-10-20-17-15(19)12-22-16(4-2)23-17/h6-9,12H,3-5,10-11H2,1-2H3,(H,21,24)(H,20,22,23). The summed E-state index contributed by atoms with van der Waals surface area (Å²) in [5.41, 5.74) is 1.91. The van der Waals surface area contributed by atoms with Crippen molar-refractivity contribution in [1.29, 1.82) is 0 Å². The van der Waals surface area contributed by atoms with Crippen LogP contribution in [0.2, 0.25) is 5.02 Å². The maximum absolute atomic E-state index is 12.0. The predicted octanol–water partition coefficient (Wildman–Crippen LogP) is 3.49. The third kappa shape index (κ3) is 5.20. The summed E-state index contributed by atoms with van der Waals surface area (Å²) in [5.74, 6) is 1.35. The van der Waals surface area contributed by atoms with Gasteiger partial charge in [0.2, 0.25) is 0 Å². The predicted molar refractivity (Wildman–Crippen MR) is 97.7 cm³/mol. The molecule has 128 valence electrons. The molecule has 2 aromatic rings. The average Bonchev–Trinajstić information content (AvgIpc) is 2.62. The van der Waals surface area contributed by atoms with E-state index in [1.807, 2.05) is 31.2 Å². The Bertz CT molecular complexity index is 673. The van der Waals surface area contributed by atoms with Crippen LogP contribution in [0.5, 0.6) is 0 Å². The number of nitrogens with one attached hydrogen (secondary N) is 2. The van der Waals surface area contributed by atoms with Crippen LogP contribution in [-0.2, 0) is 12.8 Å². The van der Waals surface area contributed by atoms with Crippen LogP contribution in [0.4, 0.5) is 5.82 Å². The van der Waals surface area contributed by atoms with Gasteiger partial charge in [-0.05, 0) is 30.5 Å². The first-order chi connectivity index (χ1) is 11.6. The molecule has 0 saturated heterocycles. The van der Waals surface area contributed by atoms with E-state index >= 15 is 0 Å². The second-order valence-corrected chi connectivity index (χ2v) is 5.83. The molecule has 0 atom stereocenters. The summed E-state index contributed by atoms with van der Waals surface area (Å²) < 4.78 is 0. The van der Waals surface area contributed by atoms with Crippen molar-refractivity contribution in [3.05, 3.63) is 52.4 Å². The first-order valence-corrected chi connectivity index (χ1v) is 8.64. The van der Waals surface area contributed by atoms with Gasteiger partial charge in [-0.25, -0.2) is 9.97 Å². The van der Waals surface area contributed by atoms with Crippen LogP contribution in [0.25, 0.3) is 0 Å². The molecule has 1 aromatic heterocycles. The Morgan fingerprint density at radius 2 is 1.88 bits per heavy atom. The number of carbonyl (C=O) groups excluding carboxylic acids is 1. The van der Waals surface area contributed by atoms with E-state index in [9.17, 15) is 4.79 Å². The van der Waals surface area contributed by atoms with Gasteiger partial charge in [-0.2, -0.15) is 0 Å². The molecule has 2 N–H and O–H groups in total. The Hall–Kier alpha value is -2.14. The quantitative estimate of drug-likeness (QED) is 0.718. The zero-order valence-corrected chi connectivity index (χ0v) is 14.9. The number of hydrogen-bond donors (Lipinski definition) is 2. The minimum absolute atomic E-state index is 0.0500. The van der Waals surface area contributed by atoms with Gasteiger partial charge in [0.05, 0.1) is 6.20 Å². The molecule has 0 aliphatic heterocycles. The Labute approximate surface area is 147 Å². The minimum Gasteiger partial charge on any atom is -0.369 e. The Morgan fingerprint density at radius 3 is 2.54 bits per heavy atom. The maximum Gasteiger partial charge on any atom is 0.251 e. The monoisotopic (exact) mass is 346 g/mol. The molecular formula is C18H23ClN4O. The van der Waals surface area contributed by atoms with E-state index < -0.39 is 0 Å². The highest BCUT2D eigenvalue weighted by atomic mass is 35.5. The number of aromatic nitrogens is 2. The number of rotatable bonds is 8. The molecule has 2 rings (SSSR count). The van der Waals surface area contributed by atoms with Gasteiger partial charge >= 0.3 is 0 Å². The topological polar surface area (TPSA) is 66.9 Å². The lowest BCUT2D eigenvalue weighted by molar-refractivity contribution is 0.0953. The van der Waals surface area contributed by atoms with Crippen molar-refractivity contribution in [3.63, 3.8) is 0 Å². The number of aryl methyl sites for hydroxylation is 2. The average molecular weight is 347 g/mol. The van der Waals surface area contributed by atoms with Gasteiger partial charge < -0.3 is 10.6 Å². The van der Waals surface area contributed by atoms with E-state index in [1.165, 1.54) is 5.56 Å². The molecule has 0 saturated carbocycles. The van der Waals surface area contributed by atoms with E-state index in [0.717, 1.165) is 25.1 Å². The highest BCUT2D eigenvalue weighted by Gasteiger charge is 2.06.